The minimum Gasteiger partial charge on any atom is -0.366 e. The Morgan fingerprint density at radius 2 is 1.80 bits per heavy atom. The van der Waals surface area contributed by atoms with Crippen LogP contribution in [0.2, 0.25) is 0 Å². The summed E-state index contributed by atoms with van der Waals surface area (Å²) in [5, 5.41) is 20.2. The van der Waals surface area contributed by atoms with E-state index in [2.05, 4.69) is 10.4 Å². The van der Waals surface area contributed by atoms with Crippen LogP contribution in [-0.2, 0) is 0 Å². The molecule has 2 aromatic carbocycles. The second-order valence-electron chi connectivity index (χ2n) is 8.96. The number of amides is 1. The molecule has 1 saturated heterocycles. The van der Waals surface area contributed by atoms with Gasteiger partial charge >= 0.3 is 0 Å². The van der Waals surface area contributed by atoms with Crippen molar-refractivity contribution in [2.24, 2.45) is 0 Å². The maximum Gasteiger partial charge on any atom is 0.293 e. The third-order valence-corrected chi connectivity index (χ3v) is 6.41. The van der Waals surface area contributed by atoms with Gasteiger partial charge in [-0.1, -0.05) is 18.2 Å². The lowest BCUT2D eigenvalue weighted by Gasteiger charge is -2.18. The van der Waals surface area contributed by atoms with Crippen molar-refractivity contribution in [1.82, 2.24) is 14.8 Å². The highest BCUT2D eigenvalue weighted by molar-refractivity contribution is 6.05. The van der Waals surface area contributed by atoms with E-state index in [1.165, 1.54) is 6.07 Å². The molecule has 1 amide bonds. The van der Waals surface area contributed by atoms with Gasteiger partial charge in [-0.05, 0) is 62.9 Å². The molecule has 3 heterocycles. The summed E-state index contributed by atoms with van der Waals surface area (Å²) in [4.78, 5) is 31.3. The van der Waals surface area contributed by atoms with Crippen LogP contribution in [0.5, 0.6) is 0 Å². The second-order valence-corrected chi connectivity index (χ2v) is 8.96. The predicted octanol–water partition coefficient (Wildman–Crippen LogP) is 5.11. The van der Waals surface area contributed by atoms with Crippen LogP contribution in [0.25, 0.3) is 16.7 Å². The van der Waals surface area contributed by atoms with Crippen molar-refractivity contribution in [2.75, 3.05) is 23.3 Å². The van der Waals surface area contributed by atoms with Crippen molar-refractivity contribution >= 4 is 34.0 Å². The van der Waals surface area contributed by atoms with Crippen molar-refractivity contribution in [3.63, 3.8) is 0 Å². The predicted molar refractivity (Wildman–Crippen MR) is 136 cm³/mol. The Morgan fingerprint density at radius 1 is 1.03 bits per heavy atom. The monoisotopic (exact) mass is 470 g/mol. The van der Waals surface area contributed by atoms with E-state index >= 15 is 0 Å². The van der Waals surface area contributed by atoms with Crippen LogP contribution in [0, 0.1) is 30.9 Å². The topological polar surface area (TPSA) is 106 Å². The summed E-state index contributed by atoms with van der Waals surface area (Å²) in [7, 11) is 0. The van der Waals surface area contributed by atoms with Crippen molar-refractivity contribution in [1.29, 1.82) is 0 Å². The molecule has 0 atom stereocenters. The van der Waals surface area contributed by atoms with Gasteiger partial charge in [0.1, 0.15) is 11.5 Å². The smallest absolute Gasteiger partial charge is 0.293 e. The minimum atomic E-state index is -0.448. The Hall–Kier alpha value is -4.27. The number of aryl methyl sites for hydroxylation is 3. The zero-order chi connectivity index (χ0) is 24.7. The quantitative estimate of drug-likeness (QED) is 0.321. The fraction of sp³-hybridized carbons (Fsp3) is 0.269. The number of nitro benzene ring substituents is 1. The highest BCUT2D eigenvalue weighted by atomic mass is 16.6. The molecule has 1 aliphatic rings. The van der Waals surface area contributed by atoms with Gasteiger partial charge in [-0.3, -0.25) is 14.9 Å². The molecular formula is C26H26N6O3. The fourth-order valence-corrected chi connectivity index (χ4v) is 4.64. The van der Waals surface area contributed by atoms with E-state index < -0.39 is 10.8 Å². The Morgan fingerprint density at radius 3 is 2.54 bits per heavy atom. The highest BCUT2D eigenvalue weighted by Crippen LogP contribution is 2.32. The normalized spacial score (nSPS) is 13.4. The molecule has 0 spiro atoms. The number of benzene rings is 2. The molecule has 0 aliphatic carbocycles. The standard InChI is InChI=1S/C26H26N6O3/c1-16-7-6-8-20-17(2)13-23(27-25(16)20)31-24(14-18(3)29-31)28-26(33)19-9-10-21(22(15-19)32(34)35)30-11-4-5-12-30/h6-10,13-15H,4-5,11-12H2,1-3H3,(H,28,33). The Balaban J connectivity index is 1.49. The number of nitrogens with zero attached hydrogens (tertiary/aromatic N) is 5. The lowest BCUT2D eigenvalue weighted by atomic mass is 10.1. The van der Waals surface area contributed by atoms with Gasteiger partial charge in [0.15, 0.2) is 5.82 Å². The number of nitro groups is 1. The molecule has 0 unspecified atom stereocenters. The number of rotatable bonds is 5. The number of hydrogen-bond acceptors (Lipinski definition) is 6. The molecule has 1 fully saturated rings. The molecular weight excluding hydrogens is 444 g/mol. The number of carbonyl (C=O) groups is 1. The second kappa shape index (κ2) is 8.83. The number of para-hydroxylation sites is 1. The van der Waals surface area contributed by atoms with Gasteiger partial charge in [0.25, 0.3) is 11.6 Å². The van der Waals surface area contributed by atoms with Crippen molar-refractivity contribution in [3.8, 4) is 5.82 Å². The SMILES string of the molecule is Cc1cc(NC(=O)c2ccc(N3CCCC3)c([N+](=O)[O-])c2)n(-c2cc(C)c3cccc(C)c3n2)n1. The van der Waals surface area contributed by atoms with Crippen LogP contribution in [0.15, 0.2) is 48.5 Å². The first-order valence-corrected chi connectivity index (χ1v) is 11.6. The van der Waals surface area contributed by atoms with Gasteiger partial charge < -0.3 is 10.2 Å². The van der Waals surface area contributed by atoms with E-state index in [9.17, 15) is 14.9 Å². The lowest BCUT2D eigenvalue weighted by Crippen LogP contribution is -2.20. The maximum atomic E-state index is 13.1. The molecule has 178 valence electrons. The number of carbonyl (C=O) groups excluding carboxylic acids is 1. The molecule has 1 N–H and O–H groups in total. The number of anilines is 2. The number of fused-ring (bicyclic) bond motifs is 1. The van der Waals surface area contributed by atoms with Crippen LogP contribution < -0.4 is 10.2 Å². The summed E-state index contributed by atoms with van der Waals surface area (Å²) in [6.45, 7) is 7.42. The Labute approximate surface area is 202 Å². The van der Waals surface area contributed by atoms with E-state index in [4.69, 9.17) is 4.98 Å². The number of nitrogens with one attached hydrogen (secondary N) is 1. The van der Waals surface area contributed by atoms with Crippen LogP contribution >= 0.6 is 0 Å². The lowest BCUT2D eigenvalue weighted by molar-refractivity contribution is -0.384. The summed E-state index contributed by atoms with van der Waals surface area (Å²) < 4.78 is 1.60. The molecule has 0 saturated carbocycles. The van der Waals surface area contributed by atoms with E-state index in [1.807, 2.05) is 49.9 Å². The van der Waals surface area contributed by atoms with Crippen LogP contribution in [-0.4, -0.2) is 38.7 Å². The molecule has 9 nitrogen and oxygen atoms in total. The number of hydrogen-bond donors (Lipinski definition) is 1. The van der Waals surface area contributed by atoms with E-state index in [-0.39, 0.29) is 11.3 Å². The molecule has 9 heteroatoms. The molecule has 35 heavy (non-hydrogen) atoms. The maximum absolute atomic E-state index is 13.1. The Kier molecular flexibility index (Phi) is 5.68. The summed E-state index contributed by atoms with van der Waals surface area (Å²) in [5.74, 6) is 0.581. The van der Waals surface area contributed by atoms with Crippen molar-refractivity contribution < 1.29 is 9.72 Å². The molecule has 4 aromatic rings. The molecule has 2 aromatic heterocycles. The van der Waals surface area contributed by atoms with Gasteiger partial charge in [-0.2, -0.15) is 9.78 Å². The van der Waals surface area contributed by atoms with Gasteiger partial charge in [0, 0.05) is 36.2 Å². The van der Waals surface area contributed by atoms with Gasteiger partial charge in [0.05, 0.1) is 16.1 Å². The first-order chi connectivity index (χ1) is 16.8. The van der Waals surface area contributed by atoms with E-state index in [1.54, 1.807) is 22.9 Å². The summed E-state index contributed by atoms with van der Waals surface area (Å²) >= 11 is 0. The molecule has 0 bridgehead atoms. The molecule has 5 rings (SSSR count). The first-order valence-electron chi connectivity index (χ1n) is 11.6. The number of aromatic nitrogens is 3. The Bertz CT molecular complexity index is 1470. The highest BCUT2D eigenvalue weighted by Gasteiger charge is 2.24. The average molecular weight is 471 g/mol. The van der Waals surface area contributed by atoms with Gasteiger partial charge in [-0.25, -0.2) is 4.98 Å². The van der Waals surface area contributed by atoms with Crippen LogP contribution in [0.1, 0.15) is 40.0 Å². The fourth-order valence-electron chi connectivity index (χ4n) is 4.64. The zero-order valence-electron chi connectivity index (χ0n) is 19.9. The average Bonchev–Trinajstić information content (AvgIpc) is 3.49. The third kappa shape index (κ3) is 4.21. The molecule has 0 radical (unpaired) electrons. The van der Waals surface area contributed by atoms with Gasteiger partial charge in [-0.15, -0.1) is 0 Å². The van der Waals surface area contributed by atoms with Gasteiger partial charge in [0.2, 0.25) is 0 Å². The largest absolute Gasteiger partial charge is 0.366 e. The van der Waals surface area contributed by atoms with Crippen molar-refractivity contribution in [2.45, 2.75) is 33.6 Å². The summed E-state index contributed by atoms with van der Waals surface area (Å²) in [5.41, 5.74) is 4.38. The molecule has 1 aliphatic heterocycles. The van der Waals surface area contributed by atoms with E-state index in [0.29, 0.717) is 23.0 Å². The summed E-state index contributed by atoms with van der Waals surface area (Å²) in [6.07, 6.45) is 2.01. The van der Waals surface area contributed by atoms with Crippen molar-refractivity contribution in [3.05, 3.63) is 81.0 Å². The van der Waals surface area contributed by atoms with E-state index in [0.717, 1.165) is 48.0 Å². The van der Waals surface area contributed by atoms with Crippen LogP contribution in [0.4, 0.5) is 17.2 Å². The zero-order valence-corrected chi connectivity index (χ0v) is 19.9. The summed E-state index contributed by atoms with van der Waals surface area (Å²) in [6, 6.07) is 14.4. The number of pyridine rings is 1. The minimum absolute atomic E-state index is 0.0634. The van der Waals surface area contributed by atoms with Crippen LogP contribution in [0.3, 0.4) is 0 Å². The third-order valence-electron chi connectivity index (χ3n) is 6.41. The first kappa shape index (κ1) is 22.5.